The van der Waals surface area contributed by atoms with E-state index in [0.717, 1.165) is 26.2 Å². The Morgan fingerprint density at radius 2 is 1.74 bits per heavy atom. The SMILES string of the molecule is CC(C)(C)OC(=O)N1CCNCC1.c1ccncc1. The van der Waals surface area contributed by atoms with Crippen LogP contribution in [0.1, 0.15) is 20.8 Å². The molecule has 1 aliphatic heterocycles. The van der Waals surface area contributed by atoms with Gasteiger partial charge in [-0.05, 0) is 32.9 Å². The second kappa shape index (κ2) is 7.74. The molecule has 0 aromatic carbocycles. The van der Waals surface area contributed by atoms with Crippen LogP contribution in [0.25, 0.3) is 0 Å². The molecule has 2 heterocycles. The standard InChI is InChI=1S/C9H18N2O2.C5H5N/c1-9(2,3)13-8(12)11-6-4-10-5-7-11;1-2-4-6-5-3-1/h10H,4-7H2,1-3H3;1-5H. The molecule has 1 aliphatic rings. The van der Waals surface area contributed by atoms with Crippen LogP contribution in [0.2, 0.25) is 0 Å². The molecule has 0 radical (unpaired) electrons. The first kappa shape index (κ1) is 15.4. The minimum absolute atomic E-state index is 0.200. The van der Waals surface area contributed by atoms with Gasteiger partial charge in [0.2, 0.25) is 0 Å². The van der Waals surface area contributed by atoms with Gasteiger partial charge in [-0.3, -0.25) is 4.98 Å². The summed E-state index contributed by atoms with van der Waals surface area (Å²) in [6.07, 6.45) is 3.30. The number of rotatable bonds is 0. The van der Waals surface area contributed by atoms with Crippen molar-refractivity contribution in [2.45, 2.75) is 26.4 Å². The van der Waals surface area contributed by atoms with Crippen LogP contribution in [0, 0.1) is 0 Å². The van der Waals surface area contributed by atoms with E-state index in [1.807, 2.05) is 39.0 Å². The monoisotopic (exact) mass is 265 g/mol. The van der Waals surface area contributed by atoms with E-state index in [2.05, 4.69) is 10.3 Å². The number of nitrogens with zero attached hydrogens (tertiary/aromatic N) is 2. The summed E-state index contributed by atoms with van der Waals surface area (Å²) >= 11 is 0. The van der Waals surface area contributed by atoms with Gasteiger partial charge in [-0.2, -0.15) is 0 Å². The summed E-state index contributed by atoms with van der Waals surface area (Å²) < 4.78 is 5.24. The van der Waals surface area contributed by atoms with Crippen molar-refractivity contribution in [1.82, 2.24) is 15.2 Å². The fourth-order valence-electron chi connectivity index (χ4n) is 1.49. The van der Waals surface area contributed by atoms with Crippen molar-refractivity contribution >= 4 is 6.09 Å². The Morgan fingerprint density at radius 3 is 2.11 bits per heavy atom. The van der Waals surface area contributed by atoms with Crippen LogP contribution in [0.15, 0.2) is 30.6 Å². The summed E-state index contributed by atoms with van der Waals surface area (Å²) in [6.45, 7) is 8.86. The lowest BCUT2D eigenvalue weighted by Gasteiger charge is -2.30. The Labute approximate surface area is 115 Å². The van der Waals surface area contributed by atoms with Gasteiger partial charge in [-0.25, -0.2) is 4.79 Å². The third-order valence-electron chi connectivity index (χ3n) is 2.34. The van der Waals surface area contributed by atoms with Gasteiger partial charge >= 0.3 is 6.09 Å². The fourth-order valence-corrected chi connectivity index (χ4v) is 1.49. The first-order valence-corrected chi connectivity index (χ1v) is 6.53. The number of hydrogen-bond acceptors (Lipinski definition) is 4. The Morgan fingerprint density at radius 1 is 1.16 bits per heavy atom. The highest BCUT2D eigenvalue weighted by molar-refractivity contribution is 5.68. The van der Waals surface area contributed by atoms with Gasteiger partial charge in [0.15, 0.2) is 0 Å². The number of amides is 1. The lowest BCUT2D eigenvalue weighted by molar-refractivity contribution is 0.0229. The third kappa shape index (κ3) is 7.41. The van der Waals surface area contributed by atoms with Gasteiger partial charge in [-0.1, -0.05) is 6.07 Å². The largest absolute Gasteiger partial charge is 0.444 e. The maximum atomic E-state index is 11.5. The van der Waals surface area contributed by atoms with Crippen molar-refractivity contribution < 1.29 is 9.53 Å². The predicted molar refractivity (Wildman–Crippen MR) is 74.9 cm³/mol. The van der Waals surface area contributed by atoms with Gasteiger partial charge in [0.05, 0.1) is 0 Å². The van der Waals surface area contributed by atoms with Crippen LogP contribution in [-0.2, 0) is 4.74 Å². The van der Waals surface area contributed by atoms with E-state index in [9.17, 15) is 4.79 Å². The van der Waals surface area contributed by atoms with Crippen LogP contribution in [0.3, 0.4) is 0 Å². The molecule has 0 atom stereocenters. The molecule has 106 valence electrons. The van der Waals surface area contributed by atoms with E-state index in [4.69, 9.17) is 4.74 Å². The zero-order valence-electron chi connectivity index (χ0n) is 11.9. The van der Waals surface area contributed by atoms with E-state index in [0.29, 0.717) is 0 Å². The second-order valence-electron chi connectivity index (χ2n) is 5.24. The molecule has 1 N–H and O–H groups in total. The second-order valence-corrected chi connectivity index (χ2v) is 5.24. The molecule has 0 bridgehead atoms. The lowest BCUT2D eigenvalue weighted by Crippen LogP contribution is -2.48. The molecule has 1 aromatic rings. The minimum Gasteiger partial charge on any atom is -0.444 e. The Kier molecular flexibility index (Phi) is 6.29. The van der Waals surface area contributed by atoms with E-state index in [-0.39, 0.29) is 11.7 Å². The molecule has 0 unspecified atom stereocenters. The topological polar surface area (TPSA) is 54.5 Å². The van der Waals surface area contributed by atoms with Crippen LogP contribution >= 0.6 is 0 Å². The van der Waals surface area contributed by atoms with Crippen molar-refractivity contribution in [3.63, 3.8) is 0 Å². The zero-order valence-corrected chi connectivity index (χ0v) is 11.9. The molecule has 1 saturated heterocycles. The minimum atomic E-state index is -0.387. The molecule has 5 heteroatoms. The molecule has 2 rings (SSSR count). The van der Waals surface area contributed by atoms with Crippen molar-refractivity contribution in [3.8, 4) is 0 Å². The summed E-state index contributed by atoms with van der Waals surface area (Å²) in [4.78, 5) is 17.0. The number of ether oxygens (including phenoxy) is 1. The first-order chi connectivity index (χ1) is 8.99. The summed E-state index contributed by atoms with van der Waals surface area (Å²) in [7, 11) is 0. The smallest absolute Gasteiger partial charge is 0.410 e. The van der Waals surface area contributed by atoms with Gasteiger partial charge in [0.1, 0.15) is 5.60 Å². The quantitative estimate of drug-likeness (QED) is 0.778. The molecular formula is C14H23N3O2. The molecule has 1 fully saturated rings. The summed E-state index contributed by atoms with van der Waals surface area (Å²) in [5.74, 6) is 0. The highest BCUT2D eigenvalue weighted by Gasteiger charge is 2.22. The summed E-state index contributed by atoms with van der Waals surface area (Å²) in [6, 6.07) is 5.72. The van der Waals surface area contributed by atoms with E-state index in [1.54, 1.807) is 17.3 Å². The van der Waals surface area contributed by atoms with Gasteiger partial charge in [0.25, 0.3) is 0 Å². The summed E-state index contributed by atoms with van der Waals surface area (Å²) in [5, 5.41) is 3.18. The van der Waals surface area contributed by atoms with Crippen molar-refractivity contribution in [2.75, 3.05) is 26.2 Å². The van der Waals surface area contributed by atoms with E-state index in [1.165, 1.54) is 0 Å². The molecule has 1 amide bonds. The number of carbonyl (C=O) groups excluding carboxylic acids is 1. The Hall–Kier alpha value is -1.62. The van der Waals surface area contributed by atoms with Crippen molar-refractivity contribution in [2.24, 2.45) is 0 Å². The average Bonchev–Trinajstić information content (AvgIpc) is 2.40. The zero-order chi connectivity index (χ0) is 14.1. The molecule has 19 heavy (non-hydrogen) atoms. The maximum Gasteiger partial charge on any atom is 0.410 e. The predicted octanol–water partition coefficient (Wildman–Crippen LogP) is 1.91. The van der Waals surface area contributed by atoms with Crippen LogP contribution < -0.4 is 5.32 Å². The number of carbonyl (C=O) groups is 1. The molecule has 5 nitrogen and oxygen atoms in total. The van der Waals surface area contributed by atoms with E-state index >= 15 is 0 Å². The first-order valence-electron chi connectivity index (χ1n) is 6.53. The lowest BCUT2D eigenvalue weighted by atomic mass is 10.2. The van der Waals surface area contributed by atoms with Crippen LogP contribution in [0.5, 0.6) is 0 Å². The highest BCUT2D eigenvalue weighted by Crippen LogP contribution is 2.09. The molecule has 0 spiro atoms. The normalized spacial score (nSPS) is 15.2. The van der Waals surface area contributed by atoms with Gasteiger partial charge in [-0.15, -0.1) is 0 Å². The highest BCUT2D eigenvalue weighted by atomic mass is 16.6. The van der Waals surface area contributed by atoms with Crippen LogP contribution in [0.4, 0.5) is 4.79 Å². The van der Waals surface area contributed by atoms with Gasteiger partial charge in [0, 0.05) is 38.6 Å². The number of pyridine rings is 1. The number of aromatic nitrogens is 1. The van der Waals surface area contributed by atoms with Gasteiger partial charge < -0.3 is 15.0 Å². The molecular weight excluding hydrogens is 242 g/mol. The Balaban J connectivity index is 0.000000250. The van der Waals surface area contributed by atoms with Crippen LogP contribution in [-0.4, -0.2) is 47.8 Å². The molecule has 1 aromatic heterocycles. The average molecular weight is 265 g/mol. The molecule has 0 saturated carbocycles. The Bertz CT molecular complexity index is 330. The summed E-state index contributed by atoms with van der Waals surface area (Å²) in [5.41, 5.74) is -0.387. The van der Waals surface area contributed by atoms with Crippen molar-refractivity contribution in [3.05, 3.63) is 30.6 Å². The number of nitrogens with one attached hydrogen (secondary N) is 1. The fraction of sp³-hybridized carbons (Fsp3) is 0.571. The number of hydrogen-bond donors (Lipinski definition) is 1. The molecule has 0 aliphatic carbocycles. The number of piperazine rings is 1. The van der Waals surface area contributed by atoms with Crippen molar-refractivity contribution in [1.29, 1.82) is 0 Å². The third-order valence-corrected chi connectivity index (χ3v) is 2.34. The maximum absolute atomic E-state index is 11.5. The van der Waals surface area contributed by atoms with E-state index < -0.39 is 0 Å².